The van der Waals surface area contributed by atoms with E-state index in [4.69, 9.17) is 17.1 Å². The molecule has 1 rings (SSSR count). The maximum absolute atomic E-state index is 11.5. The van der Waals surface area contributed by atoms with Crippen molar-refractivity contribution in [2.75, 3.05) is 6.61 Å². The van der Waals surface area contributed by atoms with Crippen molar-refractivity contribution in [3.63, 3.8) is 0 Å². The molecule has 4 atom stereocenters. The van der Waals surface area contributed by atoms with Gasteiger partial charge in [0, 0.05) is 6.00 Å². The molecular weight excluding hydrogens is 258 g/mol. The number of rotatable bonds is 6. The summed E-state index contributed by atoms with van der Waals surface area (Å²) in [7, 11) is 1.07. The molecule has 6 nitrogen and oxygen atoms in total. The van der Waals surface area contributed by atoms with Crippen LogP contribution in [0.5, 0.6) is 0 Å². The molecule has 18 heavy (non-hydrogen) atoms. The lowest BCUT2D eigenvalue weighted by Crippen LogP contribution is -2.31. The highest BCUT2D eigenvalue weighted by atomic mass is 31.2. The Hall–Kier alpha value is -0.195. The Bertz CT molecular complexity index is 347. The number of phosphoric acid groups is 1. The fraction of sp³-hybridized carbons (Fsp3) is 0.900. The van der Waals surface area contributed by atoms with Gasteiger partial charge in [-0.3, -0.25) is 9.36 Å². The quantitative estimate of drug-likeness (QED) is 0.514. The molecule has 0 amide bonds. The topological polar surface area (TPSA) is 84.9 Å². The van der Waals surface area contributed by atoms with Gasteiger partial charge in [-0.2, -0.15) is 0 Å². The molecule has 1 aliphatic rings. The molecule has 0 aromatic rings. The maximum atomic E-state index is 11.5. The Labute approximate surface area is 108 Å². The van der Waals surface area contributed by atoms with E-state index in [1.54, 1.807) is 0 Å². The first-order chi connectivity index (χ1) is 8.21. The zero-order valence-corrected chi connectivity index (χ0v) is 11.6. The summed E-state index contributed by atoms with van der Waals surface area (Å²) in [5.74, 6) is -0.265. The Morgan fingerprint density at radius 2 is 2.22 bits per heavy atom. The number of Topliss-reactive ketones (excluding diaryl/α,β-unsaturated/α-hetero) is 1. The van der Waals surface area contributed by atoms with Gasteiger partial charge in [-0.25, -0.2) is 0 Å². The minimum absolute atomic E-state index is 0.0329. The molecule has 1 aliphatic heterocycles. The highest BCUT2D eigenvalue weighted by Crippen LogP contribution is 2.43. The van der Waals surface area contributed by atoms with E-state index in [0.717, 1.165) is 0 Å². The number of carbonyl (C=O) groups is 1. The van der Waals surface area contributed by atoms with Gasteiger partial charge in [0.25, 0.3) is 7.82 Å². The highest BCUT2D eigenvalue weighted by molar-refractivity contribution is 7.45. The van der Waals surface area contributed by atoms with Crippen LogP contribution in [0.25, 0.3) is 0 Å². The second-order valence-electron chi connectivity index (χ2n) is 4.72. The molecule has 8 heteroatoms. The van der Waals surface area contributed by atoms with Crippen molar-refractivity contribution in [2.45, 2.75) is 45.4 Å². The van der Waals surface area contributed by atoms with E-state index in [2.05, 4.69) is 4.52 Å². The average Bonchev–Trinajstić information content (AvgIpc) is 2.56. The molecule has 0 aromatic heterocycles. The van der Waals surface area contributed by atoms with E-state index in [-0.39, 0.29) is 24.7 Å². The third-order valence-corrected chi connectivity index (χ3v) is 3.35. The molecule has 1 heterocycles. The third kappa shape index (κ3) is 4.82. The second-order valence-corrected chi connectivity index (χ2v) is 6.09. The minimum atomic E-state index is -4.44. The van der Waals surface area contributed by atoms with Gasteiger partial charge in [0.05, 0.1) is 6.61 Å². The largest absolute Gasteiger partial charge is 0.756 e. The zero-order chi connectivity index (χ0) is 13.9. The van der Waals surface area contributed by atoms with Crippen molar-refractivity contribution in [3.05, 3.63) is 0 Å². The number of hydrogen-bond acceptors (Lipinski definition) is 6. The Morgan fingerprint density at radius 3 is 2.72 bits per heavy atom. The van der Waals surface area contributed by atoms with Crippen LogP contribution in [0, 0.1) is 5.92 Å². The van der Waals surface area contributed by atoms with Gasteiger partial charge >= 0.3 is 0 Å². The molecule has 1 saturated heterocycles. The van der Waals surface area contributed by atoms with E-state index >= 15 is 0 Å². The van der Waals surface area contributed by atoms with Gasteiger partial charge in [-0.1, -0.05) is 13.8 Å². The summed E-state index contributed by atoms with van der Waals surface area (Å²) >= 11 is 0. The van der Waals surface area contributed by atoms with Crippen LogP contribution in [0.4, 0.5) is 0 Å². The molecule has 0 spiro atoms. The van der Waals surface area contributed by atoms with E-state index in [9.17, 15) is 14.3 Å². The lowest BCUT2D eigenvalue weighted by Gasteiger charge is -2.28. The second kappa shape index (κ2) is 6.30. The van der Waals surface area contributed by atoms with Crippen molar-refractivity contribution >= 4 is 21.5 Å². The number of carbonyl (C=O) groups excluding carboxylic acids is 1. The average molecular weight is 275 g/mol. The van der Waals surface area contributed by atoms with Crippen LogP contribution in [0.2, 0.25) is 0 Å². The summed E-state index contributed by atoms with van der Waals surface area (Å²) in [6, 6.07) is -0.700. The van der Waals surface area contributed by atoms with Crippen molar-refractivity contribution in [2.24, 2.45) is 5.92 Å². The van der Waals surface area contributed by atoms with Crippen LogP contribution in [0.15, 0.2) is 0 Å². The van der Waals surface area contributed by atoms with E-state index in [1.807, 2.05) is 13.8 Å². The lowest BCUT2D eigenvalue weighted by atomic mass is 9.96. The summed E-state index contributed by atoms with van der Waals surface area (Å²) in [6.45, 7) is 4.95. The molecule has 0 N–H and O–H groups in total. The molecule has 4 unspecified atom stereocenters. The molecule has 1 fully saturated rings. The van der Waals surface area contributed by atoms with Gasteiger partial charge < -0.3 is 18.7 Å². The minimum Gasteiger partial charge on any atom is -0.756 e. The molecule has 2 radical (unpaired) electrons. The SMILES string of the molecule is [B]C1CC(OP(=O)([O-])OCC(C)C)C(C(C)=O)O1. The van der Waals surface area contributed by atoms with Crippen molar-refractivity contribution < 1.29 is 28.0 Å². The van der Waals surface area contributed by atoms with Gasteiger partial charge in [-0.15, -0.1) is 0 Å². The third-order valence-electron chi connectivity index (χ3n) is 2.35. The molecular formula is C10H17BO6P-. The first-order valence-electron chi connectivity index (χ1n) is 5.76. The normalized spacial score (nSPS) is 31.5. The lowest BCUT2D eigenvalue weighted by molar-refractivity contribution is -0.231. The van der Waals surface area contributed by atoms with Gasteiger partial charge in [0.15, 0.2) is 5.78 Å². The fourth-order valence-electron chi connectivity index (χ4n) is 1.58. The molecule has 0 aliphatic carbocycles. The molecule has 0 bridgehead atoms. The summed E-state index contributed by atoms with van der Waals surface area (Å²) in [5, 5.41) is 0. The van der Waals surface area contributed by atoms with Gasteiger partial charge in [0.2, 0.25) is 0 Å². The van der Waals surface area contributed by atoms with E-state index < -0.39 is 26.0 Å². The number of ether oxygens (including phenoxy) is 1. The zero-order valence-electron chi connectivity index (χ0n) is 10.7. The Morgan fingerprint density at radius 1 is 1.61 bits per heavy atom. The van der Waals surface area contributed by atoms with Gasteiger partial charge in [-0.05, 0) is 19.3 Å². The van der Waals surface area contributed by atoms with Crippen LogP contribution in [-0.2, 0) is 23.1 Å². The van der Waals surface area contributed by atoms with E-state index in [0.29, 0.717) is 0 Å². The Kier molecular flexibility index (Phi) is 5.55. The monoisotopic (exact) mass is 275 g/mol. The standard InChI is InChI=1S/C10H18BO6P/c1-6(2)5-15-18(13,14)17-8-4-9(11)16-10(8)7(3)12/h6,8-10H,4-5H2,1-3H3,(H,13,14)/p-1. The summed E-state index contributed by atoms with van der Waals surface area (Å²) in [4.78, 5) is 22.8. The predicted octanol–water partition coefficient (Wildman–Crippen LogP) is 0.385. The van der Waals surface area contributed by atoms with Crippen LogP contribution in [0.3, 0.4) is 0 Å². The van der Waals surface area contributed by atoms with Crippen molar-refractivity contribution in [3.8, 4) is 0 Å². The predicted molar refractivity (Wildman–Crippen MR) is 63.0 cm³/mol. The number of hydrogen-bond donors (Lipinski definition) is 0. The molecule has 0 aromatic carbocycles. The first-order valence-corrected chi connectivity index (χ1v) is 7.23. The van der Waals surface area contributed by atoms with Crippen LogP contribution >= 0.6 is 7.82 Å². The van der Waals surface area contributed by atoms with Crippen molar-refractivity contribution in [1.29, 1.82) is 0 Å². The van der Waals surface area contributed by atoms with Crippen molar-refractivity contribution in [1.82, 2.24) is 0 Å². The highest BCUT2D eigenvalue weighted by Gasteiger charge is 2.38. The number of phosphoric ester groups is 1. The van der Waals surface area contributed by atoms with E-state index in [1.165, 1.54) is 6.92 Å². The number of ketones is 1. The molecule has 102 valence electrons. The first kappa shape index (κ1) is 15.9. The van der Waals surface area contributed by atoms with Crippen LogP contribution in [0.1, 0.15) is 27.2 Å². The van der Waals surface area contributed by atoms with Gasteiger partial charge in [0.1, 0.15) is 20.1 Å². The smallest absolute Gasteiger partial charge is 0.268 e. The summed E-state index contributed by atoms with van der Waals surface area (Å²) in [5.41, 5.74) is 0. The maximum Gasteiger partial charge on any atom is 0.268 e. The van der Waals surface area contributed by atoms with Crippen LogP contribution in [-0.4, -0.2) is 38.4 Å². The Balaban J connectivity index is 2.59. The fourth-order valence-corrected chi connectivity index (χ4v) is 2.65. The van der Waals surface area contributed by atoms with Crippen LogP contribution < -0.4 is 4.89 Å². The summed E-state index contributed by atoms with van der Waals surface area (Å²) in [6.07, 6.45) is -1.72. The summed E-state index contributed by atoms with van der Waals surface area (Å²) < 4.78 is 26.2. The molecule has 0 saturated carbocycles.